The molecule has 0 aliphatic carbocycles. The van der Waals surface area contributed by atoms with Crippen molar-refractivity contribution in [1.82, 2.24) is 0 Å². The van der Waals surface area contributed by atoms with Gasteiger partial charge in [-0.25, -0.2) is 0 Å². The minimum Gasteiger partial charge on any atom is -0.493 e. The van der Waals surface area contributed by atoms with Crippen LogP contribution in [0, 0.1) is 0 Å². The highest BCUT2D eigenvalue weighted by Crippen LogP contribution is 2.33. The Morgan fingerprint density at radius 2 is 1.82 bits per heavy atom. The lowest BCUT2D eigenvalue weighted by Gasteiger charge is -2.12. The second-order valence-electron chi connectivity index (χ2n) is 8.12. The molecule has 0 aliphatic heterocycles. The quantitative estimate of drug-likeness (QED) is 0.257. The normalized spacial score (nSPS) is 10.9. The van der Waals surface area contributed by atoms with Crippen molar-refractivity contribution < 1.29 is 19.1 Å². The monoisotopic (exact) mass is 443 g/mol. The fourth-order valence-corrected chi connectivity index (χ4v) is 3.86. The van der Waals surface area contributed by atoms with Gasteiger partial charge in [0.25, 0.3) is 0 Å². The third kappa shape index (κ3) is 5.95. The van der Waals surface area contributed by atoms with Crippen molar-refractivity contribution in [3.8, 4) is 17.1 Å². The van der Waals surface area contributed by atoms with Crippen LogP contribution < -0.4 is 10.1 Å². The predicted octanol–water partition coefficient (Wildman–Crippen LogP) is 6.56. The molecule has 0 radical (unpaired) electrons. The average Bonchev–Trinajstić information content (AvgIpc) is 3.23. The highest BCUT2D eigenvalue weighted by Gasteiger charge is 2.12. The third-order valence-electron chi connectivity index (χ3n) is 5.49. The molecule has 0 spiro atoms. The molecule has 2 N–H and O–H groups in total. The second-order valence-corrected chi connectivity index (χ2v) is 8.12. The zero-order valence-corrected chi connectivity index (χ0v) is 18.8. The molecule has 3 aromatic carbocycles. The van der Waals surface area contributed by atoms with Crippen molar-refractivity contribution in [3.63, 3.8) is 0 Å². The molecule has 5 heteroatoms. The number of carboxylic acid groups (broad SMARTS) is 1. The number of furan rings is 1. The van der Waals surface area contributed by atoms with Crippen LogP contribution in [0.5, 0.6) is 5.75 Å². The summed E-state index contributed by atoms with van der Waals surface area (Å²) in [5.41, 5.74) is 4.87. The summed E-state index contributed by atoms with van der Waals surface area (Å²) in [5, 5.41) is 13.3. The first-order chi connectivity index (χ1) is 16.1. The van der Waals surface area contributed by atoms with Gasteiger partial charge in [0.2, 0.25) is 0 Å². The van der Waals surface area contributed by atoms with Gasteiger partial charge in [0.1, 0.15) is 17.1 Å². The molecule has 1 aromatic heterocycles. The lowest BCUT2D eigenvalue weighted by molar-refractivity contribution is -0.136. The number of benzene rings is 3. The number of ether oxygens (including phenoxy) is 1. The summed E-state index contributed by atoms with van der Waals surface area (Å²) >= 11 is 0. The summed E-state index contributed by atoms with van der Waals surface area (Å²) in [5.74, 6) is 0.930. The Bertz CT molecular complexity index is 1200. The molecule has 1 heterocycles. The van der Waals surface area contributed by atoms with Crippen molar-refractivity contribution in [1.29, 1.82) is 0 Å². The van der Waals surface area contributed by atoms with E-state index in [1.54, 1.807) is 0 Å². The van der Waals surface area contributed by atoms with Crippen molar-refractivity contribution in [2.45, 2.75) is 32.6 Å². The zero-order valence-electron chi connectivity index (χ0n) is 18.8. The molecule has 0 aliphatic rings. The lowest BCUT2D eigenvalue weighted by Crippen LogP contribution is -2.08. The number of nitrogens with one attached hydrogen (secondary N) is 1. The highest BCUT2D eigenvalue weighted by molar-refractivity contribution is 5.85. The van der Waals surface area contributed by atoms with Gasteiger partial charge in [0, 0.05) is 29.2 Å². The fraction of sp³-hybridized carbons (Fsp3) is 0.250. The summed E-state index contributed by atoms with van der Waals surface area (Å²) in [6.45, 7) is 3.53. The molecule has 0 saturated heterocycles. The van der Waals surface area contributed by atoms with E-state index in [1.807, 2.05) is 48.5 Å². The van der Waals surface area contributed by atoms with Crippen molar-refractivity contribution in [2.75, 3.05) is 18.5 Å². The maximum Gasteiger partial charge on any atom is 0.307 e. The summed E-state index contributed by atoms with van der Waals surface area (Å²) in [6, 6.07) is 23.9. The molecule has 0 atom stereocenters. The largest absolute Gasteiger partial charge is 0.493 e. The van der Waals surface area contributed by atoms with Gasteiger partial charge in [0.05, 0.1) is 13.0 Å². The van der Waals surface area contributed by atoms with Crippen LogP contribution in [0.25, 0.3) is 22.3 Å². The van der Waals surface area contributed by atoms with Gasteiger partial charge in [-0.3, -0.25) is 4.79 Å². The molecular weight excluding hydrogens is 414 g/mol. The van der Waals surface area contributed by atoms with E-state index in [4.69, 9.17) is 14.3 Å². The van der Waals surface area contributed by atoms with Crippen LogP contribution in [0.1, 0.15) is 30.9 Å². The van der Waals surface area contributed by atoms with Crippen LogP contribution in [0.2, 0.25) is 0 Å². The maximum absolute atomic E-state index is 10.8. The molecule has 0 unspecified atom stereocenters. The summed E-state index contributed by atoms with van der Waals surface area (Å²) < 4.78 is 12.3. The summed E-state index contributed by atoms with van der Waals surface area (Å²) in [7, 11) is 0. The van der Waals surface area contributed by atoms with Crippen LogP contribution in [0.15, 0.2) is 77.2 Å². The van der Waals surface area contributed by atoms with E-state index in [1.165, 1.54) is 5.56 Å². The lowest BCUT2D eigenvalue weighted by atomic mass is 10.1. The molecule has 0 saturated carbocycles. The van der Waals surface area contributed by atoms with Crippen LogP contribution in [-0.2, 0) is 17.6 Å². The first-order valence-electron chi connectivity index (χ1n) is 11.4. The van der Waals surface area contributed by atoms with E-state index in [9.17, 15) is 4.79 Å². The van der Waals surface area contributed by atoms with Gasteiger partial charge >= 0.3 is 5.97 Å². The molecule has 4 rings (SSSR count). The number of aryl methyl sites for hydroxylation is 1. The molecule has 0 bridgehead atoms. The van der Waals surface area contributed by atoms with E-state index in [0.29, 0.717) is 6.61 Å². The zero-order chi connectivity index (χ0) is 23.0. The number of carbonyl (C=O) groups is 1. The fourth-order valence-electron chi connectivity index (χ4n) is 3.86. The van der Waals surface area contributed by atoms with Gasteiger partial charge in [-0.2, -0.15) is 0 Å². The Morgan fingerprint density at radius 3 is 2.55 bits per heavy atom. The summed E-state index contributed by atoms with van der Waals surface area (Å²) in [6.07, 6.45) is 2.89. The maximum atomic E-state index is 10.8. The number of carboxylic acids is 1. The van der Waals surface area contributed by atoms with Gasteiger partial charge in [-0.1, -0.05) is 55.8 Å². The molecule has 33 heavy (non-hydrogen) atoms. The first-order valence-corrected chi connectivity index (χ1v) is 11.4. The van der Waals surface area contributed by atoms with E-state index in [2.05, 4.69) is 36.5 Å². The summed E-state index contributed by atoms with van der Waals surface area (Å²) in [4.78, 5) is 10.8. The van der Waals surface area contributed by atoms with E-state index in [0.717, 1.165) is 65.1 Å². The van der Waals surface area contributed by atoms with Crippen molar-refractivity contribution >= 4 is 22.6 Å². The van der Waals surface area contributed by atoms with Gasteiger partial charge in [-0.05, 0) is 48.2 Å². The Balaban J connectivity index is 1.36. The second kappa shape index (κ2) is 10.7. The van der Waals surface area contributed by atoms with E-state index < -0.39 is 5.97 Å². The van der Waals surface area contributed by atoms with Crippen LogP contribution in [0.4, 0.5) is 5.69 Å². The standard InChI is InChI=1S/C28H29NO4/c1-2-7-22-17-23-18-26(21-8-4-3-5-9-21)33-27(23)19-25(22)32-15-6-14-29-24-12-10-20(11-13-24)16-28(30)31/h3-5,8-13,17-19,29H,2,6-7,14-16H2,1H3,(H,30,31). The van der Waals surface area contributed by atoms with E-state index in [-0.39, 0.29) is 6.42 Å². The predicted molar refractivity (Wildman–Crippen MR) is 132 cm³/mol. The molecule has 170 valence electrons. The Labute approximate surface area is 194 Å². The number of fused-ring (bicyclic) bond motifs is 1. The Morgan fingerprint density at radius 1 is 1.03 bits per heavy atom. The van der Waals surface area contributed by atoms with Crippen LogP contribution in [0.3, 0.4) is 0 Å². The first kappa shape index (κ1) is 22.5. The number of anilines is 1. The Kier molecular flexibility index (Phi) is 7.30. The van der Waals surface area contributed by atoms with Crippen molar-refractivity contribution in [3.05, 3.63) is 83.9 Å². The van der Waals surface area contributed by atoms with Gasteiger partial charge < -0.3 is 19.6 Å². The topological polar surface area (TPSA) is 71.7 Å². The Hall–Kier alpha value is -3.73. The smallest absolute Gasteiger partial charge is 0.307 e. The van der Waals surface area contributed by atoms with E-state index >= 15 is 0 Å². The minimum absolute atomic E-state index is 0.0427. The molecule has 4 aromatic rings. The highest BCUT2D eigenvalue weighted by atomic mass is 16.5. The number of hydrogen-bond donors (Lipinski definition) is 2. The number of hydrogen-bond acceptors (Lipinski definition) is 4. The third-order valence-corrected chi connectivity index (χ3v) is 5.49. The SMILES string of the molecule is CCCc1cc2cc(-c3ccccc3)oc2cc1OCCCNc1ccc(CC(=O)O)cc1. The van der Waals surface area contributed by atoms with Gasteiger partial charge in [-0.15, -0.1) is 0 Å². The minimum atomic E-state index is -0.820. The molecule has 0 fully saturated rings. The van der Waals surface area contributed by atoms with Crippen LogP contribution >= 0.6 is 0 Å². The van der Waals surface area contributed by atoms with Crippen molar-refractivity contribution in [2.24, 2.45) is 0 Å². The molecule has 0 amide bonds. The average molecular weight is 444 g/mol. The van der Waals surface area contributed by atoms with Gasteiger partial charge in [0.15, 0.2) is 0 Å². The number of rotatable bonds is 11. The number of aliphatic carboxylic acids is 1. The van der Waals surface area contributed by atoms with Crippen LogP contribution in [-0.4, -0.2) is 24.2 Å². The molecule has 5 nitrogen and oxygen atoms in total. The molecular formula is C28H29NO4.